The first-order valence-electron chi connectivity index (χ1n) is 8.25. The molecule has 8 heteroatoms. The van der Waals surface area contributed by atoms with Gasteiger partial charge in [0.1, 0.15) is 5.60 Å². The summed E-state index contributed by atoms with van der Waals surface area (Å²) in [6, 6.07) is 5.85. The zero-order chi connectivity index (χ0) is 19.6. The second kappa shape index (κ2) is 12.0. The molecule has 1 rings (SSSR count). The van der Waals surface area contributed by atoms with Crippen molar-refractivity contribution in [3.63, 3.8) is 0 Å². The summed E-state index contributed by atoms with van der Waals surface area (Å²) in [5.41, 5.74) is 1.28. The smallest absolute Gasteiger partial charge is 0.407 e. The molecule has 0 aromatic heterocycles. The van der Waals surface area contributed by atoms with Crippen molar-refractivity contribution < 1.29 is 18.6 Å². The van der Waals surface area contributed by atoms with E-state index < -0.39 is 20.1 Å². The molecule has 0 saturated carbocycles. The number of halogens is 1. The highest BCUT2D eigenvalue weighted by Gasteiger charge is 2.20. The fourth-order valence-electron chi connectivity index (χ4n) is 1.93. The molecule has 1 aromatic rings. The molecular weight excluding hydrogens is 484 g/mol. The van der Waals surface area contributed by atoms with Crippen LogP contribution in [0.4, 0.5) is 4.79 Å². The fraction of sp³-hybridized carbons (Fsp3) is 0.500. The molecule has 0 spiro atoms. The van der Waals surface area contributed by atoms with E-state index in [9.17, 15) is 4.79 Å². The molecule has 0 saturated heterocycles. The van der Waals surface area contributed by atoms with E-state index >= 15 is 0 Å². The van der Waals surface area contributed by atoms with E-state index in [0.717, 1.165) is 16.4 Å². The van der Waals surface area contributed by atoms with Crippen LogP contribution in [0.2, 0.25) is 0 Å². The minimum atomic E-state index is -1.23. The Morgan fingerprint density at radius 2 is 1.92 bits per heavy atom. The molecular formula is C18H25INO4PS. The molecule has 0 bridgehead atoms. The molecule has 144 valence electrons. The van der Waals surface area contributed by atoms with E-state index in [4.69, 9.17) is 13.8 Å². The van der Waals surface area contributed by atoms with E-state index in [1.807, 2.05) is 52.8 Å². The van der Waals surface area contributed by atoms with Gasteiger partial charge in [-0.05, 0) is 66.5 Å². The Bertz CT molecular complexity index is 649. The van der Waals surface area contributed by atoms with Crippen LogP contribution in [-0.2, 0) is 20.3 Å². The lowest BCUT2D eigenvalue weighted by Crippen LogP contribution is -2.33. The second-order valence-electron chi connectivity index (χ2n) is 6.10. The number of benzene rings is 1. The van der Waals surface area contributed by atoms with E-state index in [2.05, 4.69) is 37.7 Å². The van der Waals surface area contributed by atoms with Gasteiger partial charge in [0, 0.05) is 38.6 Å². The number of amides is 1. The number of hydrogen-bond acceptors (Lipinski definition) is 5. The molecule has 0 heterocycles. The maximum atomic E-state index is 12.0. The molecule has 0 aliphatic rings. The van der Waals surface area contributed by atoms with Crippen LogP contribution in [-0.4, -0.2) is 24.9 Å². The van der Waals surface area contributed by atoms with Crippen molar-refractivity contribution in [3.8, 4) is 11.2 Å². The van der Waals surface area contributed by atoms with Gasteiger partial charge >= 0.3 is 6.09 Å². The van der Waals surface area contributed by atoms with E-state index in [0.29, 0.717) is 19.8 Å². The third-order valence-corrected chi connectivity index (χ3v) is 5.47. The Morgan fingerprint density at radius 3 is 2.46 bits per heavy atom. The number of rotatable bonds is 7. The third kappa shape index (κ3) is 8.92. The van der Waals surface area contributed by atoms with Crippen LogP contribution < -0.4 is 10.6 Å². The first-order valence-corrected chi connectivity index (χ1v) is 12.8. The lowest BCUT2D eigenvalue weighted by atomic mass is 10.1. The van der Waals surface area contributed by atoms with Crippen LogP contribution in [0.25, 0.3) is 0 Å². The average molecular weight is 509 g/mol. The molecule has 5 nitrogen and oxygen atoms in total. The van der Waals surface area contributed by atoms with Crippen LogP contribution >= 0.6 is 38.5 Å². The largest absolute Gasteiger partial charge is 0.444 e. The summed E-state index contributed by atoms with van der Waals surface area (Å²) >= 11 is 2.14. The van der Waals surface area contributed by atoms with Gasteiger partial charge in [0.15, 0.2) is 0 Å². The van der Waals surface area contributed by atoms with Gasteiger partial charge in [-0.3, -0.25) is 0 Å². The Labute approximate surface area is 173 Å². The van der Waals surface area contributed by atoms with Crippen molar-refractivity contribution >= 4 is 49.9 Å². The Kier molecular flexibility index (Phi) is 10.9. The minimum Gasteiger partial charge on any atom is -0.444 e. The number of carbonyl (C=O) groups is 1. The van der Waals surface area contributed by atoms with Crippen molar-refractivity contribution in [2.75, 3.05) is 13.2 Å². The third-order valence-electron chi connectivity index (χ3n) is 2.83. The van der Waals surface area contributed by atoms with Crippen molar-refractivity contribution in [2.24, 2.45) is 0 Å². The van der Waals surface area contributed by atoms with Gasteiger partial charge in [-0.1, -0.05) is 12.0 Å². The normalized spacial score (nSPS) is 11.0. The molecule has 0 fully saturated rings. The average Bonchev–Trinajstić information content (AvgIpc) is 2.56. The van der Waals surface area contributed by atoms with Crippen LogP contribution in [0.15, 0.2) is 18.2 Å². The van der Waals surface area contributed by atoms with Crippen molar-refractivity contribution in [1.29, 1.82) is 0 Å². The summed E-state index contributed by atoms with van der Waals surface area (Å²) < 4.78 is 16.9. The van der Waals surface area contributed by atoms with Crippen LogP contribution in [0, 0.1) is 11.2 Å². The predicted molar refractivity (Wildman–Crippen MR) is 118 cm³/mol. The molecule has 0 atom stereocenters. The SMILES string of the molecule is CCOP(OCC)c1cc(C#CSI)ccc1CNC(=O)OC(C)(C)C. The van der Waals surface area contributed by atoms with E-state index in [-0.39, 0.29) is 0 Å². The highest BCUT2D eigenvalue weighted by atomic mass is 127. The van der Waals surface area contributed by atoms with Gasteiger partial charge in [0.05, 0.1) is 13.2 Å². The summed E-state index contributed by atoms with van der Waals surface area (Å²) in [6.45, 7) is 10.8. The fourth-order valence-corrected chi connectivity index (χ4v) is 3.87. The molecule has 1 amide bonds. The first-order chi connectivity index (χ1) is 12.3. The van der Waals surface area contributed by atoms with Crippen LogP contribution in [0.5, 0.6) is 0 Å². The summed E-state index contributed by atoms with van der Waals surface area (Å²) in [7, 11) is 0.199. The highest BCUT2D eigenvalue weighted by molar-refractivity contribution is 14.2. The summed E-state index contributed by atoms with van der Waals surface area (Å²) in [5.74, 6) is 3.09. The Balaban J connectivity index is 3.06. The summed E-state index contributed by atoms with van der Waals surface area (Å²) in [5, 5.41) is 6.69. The van der Waals surface area contributed by atoms with Gasteiger partial charge in [0.25, 0.3) is 0 Å². The van der Waals surface area contributed by atoms with E-state index in [1.54, 1.807) is 0 Å². The zero-order valence-electron chi connectivity index (χ0n) is 15.7. The van der Waals surface area contributed by atoms with Crippen molar-refractivity contribution in [3.05, 3.63) is 29.3 Å². The van der Waals surface area contributed by atoms with Gasteiger partial charge in [-0.25, -0.2) is 4.79 Å². The Morgan fingerprint density at radius 1 is 1.27 bits per heavy atom. The predicted octanol–water partition coefficient (Wildman–Crippen LogP) is 5.11. The lowest BCUT2D eigenvalue weighted by molar-refractivity contribution is 0.0523. The molecule has 0 aliphatic heterocycles. The molecule has 0 aliphatic carbocycles. The number of ether oxygens (including phenoxy) is 1. The standard InChI is InChI=1S/C18H25INO4PS/c1-6-22-25(23-7-2)16-12-14(10-11-26-19)8-9-15(16)13-20-17(21)24-18(3,4)5/h8-9,12H,6-7,13H2,1-5H3,(H,20,21). The lowest BCUT2D eigenvalue weighted by Gasteiger charge is -2.22. The first kappa shape index (κ1) is 23.5. The van der Waals surface area contributed by atoms with Crippen LogP contribution in [0.3, 0.4) is 0 Å². The molecule has 1 N–H and O–H groups in total. The number of alkyl carbamates (subject to hydrolysis) is 1. The molecule has 26 heavy (non-hydrogen) atoms. The maximum Gasteiger partial charge on any atom is 0.407 e. The molecule has 0 unspecified atom stereocenters. The second-order valence-corrected chi connectivity index (χ2v) is 9.29. The van der Waals surface area contributed by atoms with Crippen molar-refractivity contribution in [1.82, 2.24) is 5.32 Å². The summed E-state index contributed by atoms with van der Waals surface area (Å²) in [4.78, 5) is 12.0. The van der Waals surface area contributed by atoms with Gasteiger partial charge < -0.3 is 19.1 Å². The molecule has 1 aromatic carbocycles. The minimum absolute atomic E-state index is 0.331. The number of carbonyl (C=O) groups excluding carboxylic acids is 1. The van der Waals surface area contributed by atoms with Crippen LogP contribution in [0.1, 0.15) is 45.7 Å². The van der Waals surface area contributed by atoms with Gasteiger partial charge in [-0.2, -0.15) is 0 Å². The monoisotopic (exact) mass is 509 g/mol. The topological polar surface area (TPSA) is 56.8 Å². The maximum absolute atomic E-state index is 12.0. The Hall–Kier alpha value is -0.520. The highest BCUT2D eigenvalue weighted by Crippen LogP contribution is 2.38. The van der Waals surface area contributed by atoms with Crippen molar-refractivity contribution in [2.45, 2.75) is 46.8 Å². The van der Waals surface area contributed by atoms with Gasteiger partial charge in [-0.15, -0.1) is 0 Å². The number of nitrogens with one attached hydrogen (secondary N) is 1. The quantitative estimate of drug-likeness (QED) is 0.315. The van der Waals surface area contributed by atoms with E-state index in [1.165, 1.54) is 8.93 Å². The number of hydrogen-bond donors (Lipinski definition) is 1. The molecule has 0 radical (unpaired) electrons. The van der Waals surface area contributed by atoms with Gasteiger partial charge in [0.2, 0.25) is 8.38 Å². The summed E-state index contributed by atoms with van der Waals surface area (Å²) in [6.07, 6.45) is -0.453. The zero-order valence-corrected chi connectivity index (χ0v) is 19.6.